The number of rotatable bonds is 10. The van der Waals surface area contributed by atoms with E-state index in [1.165, 1.54) is 30.6 Å². The molecular weight excluding hydrogens is 356 g/mol. The number of carboxylic acid groups (broad SMARTS) is 1. The van der Waals surface area contributed by atoms with E-state index in [0.717, 1.165) is 30.6 Å². The van der Waals surface area contributed by atoms with Crippen molar-refractivity contribution in [2.45, 2.75) is 69.8 Å². The van der Waals surface area contributed by atoms with E-state index in [9.17, 15) is 9.90 Å². The molecule has 1 heterocycles. The van der Waals surface area contributed by atoms with E-state index < -0.39 is 5.97 Å². The number of carboxylic acids is 1. The molecule has 0 bridgehead atoms. The molecule has 0 aliphatic heterocycles. The molecule has 0 aromatic carbocycles. The first-order chi connectivity index (χ1) is 12.0. The molecule has 1 fully saturated rings. The Kier molecular flexibility index (Phi) is 8.47. The highest BCUT2D eigenvalue weighted by molar-refractivity contribution is 7.13. The van der Waals surface area contributed by atoms with Crippen LogP contribution in [0.25, 0.3) is 0 Å². The van der Waals surface area contributed by atoms with Gasteiger partial charge in [0.05, 0.1) is 6.10 Å². The van der Waals surface area contributed by atoms with Crippen LogP contribution in [-0.2, 0) is 6.42 Å². The van der Waals surface area contributed by atoms with Gasteiger partial charge in [0.2, 0.25) is 0 Å². The van der Waals surface area contributed by atoms with Gasteiger partial charge in [-0.25, -0.2) is 4.79 Å². The summed E-state index contributed by atoms with van der Waals surface area (Å²) in [6.45, 7) is 2.20. The summed E-state index contributed by atoms with van der Waals surface area (Å²) in [4.78, 5) is 12.4. The number of unbranched alkanes of at least 4 members (excludes halogenated alkanes) is 3. The molecule has 2 N–H and O–H groups in total. The molecule has 0 saturated heterocycles. The topological polar surface area (TPSA) is 57.5 Å². The van der Waals surface area contributed by atoms with E-state index in [-0.39, 0.29) is 17.4 Å². The van der Waals surface area contributed by atoms with Crippen LogP contribution in [0.15, 0.2) is 24.3 Å². The molecule has 25 heavy (non-hydrogen) atoms. The SMILES string of the molecule is CCCCCC=CC1[C@@H](CCCc2ccc(C(=O)O)s2)C(Cl)C[C@H]1O. The Morgan fingerprint density at radius 1 is 1.36 bits per heavy atom. The Labute approximate surface area is 159 Å². The minimum atomic E-state index is -0.857. The monoisotopic (exact) mass is 384 g/mol. The van der Waals surface area contributed by atoms with Crippen molar-refractivity contribution in [2.24, 2.45) is 11.8 Å². The van der Waals surface area contributed by atoms with Gasteiger partial charge in [-0.3, -0.25) is 0 Å². The van der Waals surface area contributed by atoms with Gasteiger partial charge >= 0.3 is 5.97 Å². The lowest BCUT2D eigenvalue weighted by Crippen LogP contribution is -2.18. The molecule has 0 radical (unpaired) electrons. The summed E-state index contributed by atoms with van der Waals surface area (Å²) in [6, 6.07) is 3.58. The van der Waals surface area contributed by atoms with Crippen molar-refractivity contribution in [1.29, 1.82) is 0 Å². The number of alkyl halides is 1. The number of aliphatic hydroxyl groups excluding tert-OH is 1. The highest BCUT2D eigenvalue weighted by Gasteiger charge is 2.39. The summed E-state index contributed by atoms with van der Waals surface area (Å²) in [5, 5.41) is 19.3. The summed E-state index contributed by atoms with van der Waals surface area (Å²) in [5.74, 6) is -0.399. The predicted octanol–water partition coefficient (Wildman–Crippen LogP) is 5.51. The largest absolute Gasteiger partial charge is 0.477 e. The van der Waals surface area contributed by atoms with Crippen LogP contribution in [0.2, 0.25) is 0 Å². The van der Waals surface area contributed by atoms with Crippen LogP contribution in [0.1, 0.15) is 66.4 Å². The Bertz CT molecular complexity index is 569. The molecule has 140 valence electrons. The first-order valence-corrected chi connectivity index (χ1v) is 10.6. The minimum absolute atomic E-state index is 0.0261. The highest BCUT2D eigenvalue weighted by atomic mass is 35.5. The maximum Gasteiger partial charge on any atom is 0.345 e. The third kappa shape index (κ3) is 6.12. The quantitative estimate of drug-likeness (QED) is 0.317. The number of hydrogen-bond acceptors (Lipinski definition) is 3. The van der Waals surface area contributed by atoms with E-state index in [4.69, 9.17) is 16.7 Å². The van der Waals surface area contributed by atoms with Crippen molar-refractivity contribution < 1.29 is 15.0 Å². The normalized spacial score (nSPS) is 26.5. The fraction of sp³-hybridized carbons (Fsp3) is 0.650. The van der Waals surface area contributed by atoms with Crippen molar-refractivity contribution in [3.63, 3.8) is 0 Å². The predicted molar refractivity (Wildman–Crippen MR) is 105 cm³/mol. The fourth-order valence-corrected chi connectivity index (χ4v) is 5.00. The van der Waals surface area contributed by atoms with Crippen LogP contribution in [0.4, 0.5) is 0 Å². The first kappa shape index (κ1) is 20.5. The fourth-order valence-electron chi connectivity index (χ4n) is 3.64. The van der Waals surface area contributed by atoms with Crippen LogP contribution in [0.5, 0.6) is 0 Å². The van der Waals surface area contributed by atoms with Crippen LogP contribution in [0, 0.1) is 11.8 Å². The van der Waals surface area contributed by atoms with Gasteiger partial charge in [0.25, 0.3) is 0 Å². The highest BCUT2D eigenvalue weighted by Crippen LogP contribution is 2.40. The van der Waals surface area contributed by atoms with Crippen molar-refractivity contribution in [1.82, 2.24) is 0 Å². The Morgan fingerprint density at radius 3 is 2.84 bits per heavy atom. The van der Waals surface area contributed by atoms with Gasteiger partial charge in [0.15, 0.2) is 0 Å². The lowest BCUT2D eigenvalue weighted by molar-refractivity contribution is 0.0702. The molecule has 1 aliphatic rings. The molecule has 2 unspecified atom stereocenters. The second-order valence-electron chi connectivity index (χ2n) is 6.95. The number of aliphatic hydroxyl groups is 1. The van der Waals surface area contributed by atoms with Crippen molar-refractivity contribution in [3.05, 3.63) is 34.0 Å². The van der Waals surface area contributed by atoms with Gasteiger partial charge in [-0.15, -0.1) is 22.9 Å². The summed E-state index contributed by atoms with van der Waals surface area (Å²) in [7, 11) is 0. The molecule has 3 nitrogen and oxygen atoms in total. The van der Waals surface area contributed by atoms with Crippen molar-refractivity contribution in [3.8, 4) is 0 Å². The van der Waals surface area contributed by atoms with Gasteiger partial charge in [-0.05, 0) is 56.6 Å². The number of carbonyl (C=O) groups is 1. The smallest absolute Gasteiger partial charge is 0.345 e. The summed E-state index contributed by atoms with van der Waals surface area (Å²) >= 11 is 7.84. The zero-order valence-electron chi connectivity index (χ0n) is 14.9. The van der Waals surface area contributed by atoms with Gasteiger partial charge in [-0.2, -0.15) is 0 Å². The molecule has 5 heteroatoms. The molecule has 1 aromatic rings. The number of thiophene rings is 1. The summed E-state index contributed by atoms with van der Waals surface area (Å²) in [6.07, 6.45) is 12.3. The first-order valence-electron chi connectivity index (χ1n) is 9.33. The van der Waals surface area contributed by atoms with E-state index in [1.54, 1.807) is 6.07 Å². The molecule has 1 saturated carbocycles. The average Bonchev–Trinajstić information content (AvgIpc) is 3.14. The standard InChI is InChI=1S/C20H29ClO3S/c1-2-3-4-5-6-9-16-15(17(21)13-18(16)22)10-7-8-14-11-12-19(25-14)20(23)24/h6,9,11-12,15-18,22H,2-5,7-8,10,13H2,1H3,(H,23,24)/t15-,16?,17?,18-/m1/s1. The lowest BCUT2D eigenvalue weighted by Gasteiger charge is -2.20. The van der Waals surface area contributed by atoms with Crippen LogP contribution in [-0.4, -0.2) is 27.7 Å². The van der Waals surface area contributed by atoms with E-state index in [0.29, 0.717) is 17.2 Å². The van der Waals surface area contributed by atoms with E-state index >= 15 is 0 Å². The second-order valence-corrected chi connectivity index (χ2v) is 8.68. The number of aryl methyl sites for hydroxylation is 1. The number of allylic oxidation sites excluding steroid dienone is 1. The minimum Gasteiger partial charge on any atom is -0.477 e. The Hall–Kier alpha value is -0.840. The van der Waals surface area contributed by atoms with Gasteiger partial charge < -0.3 is 10.2 Å². The Balaban J connectivity index is 1.83. The van der Waals surface area contributed by atoms with Gasteiger partial charge in [0, 0.05) is 16.2 Å². The van der Waals surface area contributed by atoms with Gasteiger partial charge in [-0.1, -0.05) is 31.9 Å². The molecule has 2 rings (SSSR count). The maximum atomic E-state index is 10.9. The number of aromatic carboxylic acids is 1. The molecule has 1 aliphatic carbocycles. The lowest BCUT2D eigenvalue weighted by atomic mass is 9.89. The van der Waals surface area contributed by atoms with Crippen LogP contribution >= 0.6 is 22.9 Å². The zero-order valence-corrected chi connectivity index (χ0v) is 16.4. The van der Waals surface area contributed by atoms with Gasteiger partial charge in [0.1, 0.15) is 4.88 Å². The van der Waals surface area contributed by atoms with E-state index in [1.807, 2.05) is 6.07 Å². The van der Waals surface area contributed by atoms with E-state index in [2.05, 4.69) is 19.1 Å². The average molecular weight is 385 g/mol. The second kappa shape index (κ2) is 10.3. The van der Waals surface area contributed by atoms with Crippen LogP contribution in [0.3, 0.4) is 0 Å². The third-order valence-electron chi connectivity index (χ3n) is 5.04. The molecule has 0 spiro atoms. The third-order valence-corrected chi connectivity index (χ3v) is 6.67. The van der Waals surface area contributed by atoms with Crippen LogP contribution < -0.4 is 0 Å². The van der Waals surface area contributed by atoms with Crippen molar-refractivity contribution in [2.75, 3.05) is 0 Å². The molecular formula is C20H29ClO3S. The number of hydrogen-bond donors (Lipinski definition) is 2. The Morgan fingerprint density at radius 2 is 2.16 bits per heavy atom. The molecule has 0 amide bonds. The summed E-state index contributed by atoms with van der Waals surface area (Å²) in [5.41, 5.74) is 0. The molecule has 4 atom stereocenters. The summed E-state index contributed by atoms with van der Waals surface area (Å²) < 4.78 is 0. The van der Waals surface area contributed by atoms with Crippen molar-refractivity contribution >= 4 is 28.9 Å². The molecule has 1 aromatic heterocycles. The maximum absolute atomic E-state index is 10.9. The zero-order chi connectivity index (χ0) is 18.2. The number of halogens is 1.